The van der Waals surface area contributed by atoms with Crippen molar-refractivity contribution in [2.24, 2.45) is 0 Å². The summed E-state index contributed by atoms with van der Waals surface area (Å²) < 4.78 is 19.0. The van der Waals surface area contributed by atoms with Crippen LogP contribution in [-0.2, 0) is 11.3 Å². The lowest BCUT2D eigenvalue weighted by molar-refractivity contribution is 0.0474. The molecule has 1 aliphatic rings. The summed E-state index contributed by atoms with van der Waals surface area (Å²) in [5.74, 6) is 0.546. The third-order valence-corrected chi connectivity index (χ3v) is 5.59. The van der Waals surface area contributed by atoms with Crippen LogP contribution in [0.5, 0.6) is 11.5 Å². The first kappa shape index (κ1) is 21.0. The molecule has 31 heavy (non-hydrogen) atoms. The average molecular weight is 440 g/mol. The van der Waals surface area contributed by atoms with Gasteiger partial charge in [0.05, 0.1) is 17.1 Å². The minimum atomic E-state index is -0.626. The van der Waals surface area contributed by atoms with Crippen LogP contribution in [-0.4, -0.2) is 35.6 Å². The number of fused-ring (bicyclic) bond motifs is 1. The summed E-state index contributed by atoms with van der Waals surface area (Å²) in [4.78, 5) is 25.0. The zero-order valence-electron chi connectivity index (χ0n) is 17.3. The highest BCUT2D eigenvalue weighted by Crippen LogP contribution is 2.31. The molecule has 0 radical (unpaired) electrons. The second kappa shape index (κ2) is 8.86. The van der Waals surface area contributed by atoms with Crippen molar-refractivity contribution in [1.29, 1.82) is 0 Å². The minimum Gasteiger partial charge on any atom is -0.486 e. The second-order valence-electron chi connectivity index (χ2n) is 7.37. The average Bonchev–Trinajstić information content (AvgIpc) is 3.06. The molecule has 1 aromatic heterocycles. The van der Waals surface area contributed by atoms with Gasteiger partial charge in [0, 0.05) is 17.0 Å². The van der Waals surface area contributed by atoms with Crippen molar-refractivity contribution in [3.8, 4) is 11.5 Å². The summed E-state index contributed by atoms with van der Waals surface area (Å²) in [6.07, 6.45) is -0.180. The van der Waals surface area contributed by atoms with E-state index in [1.807, 2.05) is 42.7 Å². The Labute approximate surface area is 185 Å². The molecule has 1 aliphatic heterocycles. The Morgan fingerprint density at radius 1 is 1.06 bits per heavy atom. The molecule has 4 rings (SSSR count). The molecule has 0 saturated carbocycles. The Morgan fingerprint density at radius 2 is 1.77 bits per heavy atom. The van der Waals surface area contributed by atoms with Crippen LogP contribution in [0, 0.1) is 13.8 Å². The molecule has 2 aromatic carbocycles. The Bertz CT molecular complexity index is 1140. The van der Waals surface area contributed by atoms with Crippen LogP contribution in [0.3, 0.4) is 0 Å². The summed E-state index contributed by atoms with van der Waals surface area (Å²) in [5, 5.41) is 0.286. The lowest BCUT2D eigenvalue weighted by Crippen LogP contribution is -2.33. The van der Waals surface area contributed by atoms with Crippen molar-refractivity contribution in [2.45, 2.75) is 26.5 Å². The molecular formula is C24H22ClNO5. The van der Waals surface area contributed by atoms with E-state index in [0.29, 0.717) is 24.5 Å². The number of Topliss-reactive ketones (excluding diaryl/α,β-unsaturated/α-hetero) is 1. The van der Waals surface area contributed by atoms with Crippen LogP contribution in [0.4, 0.5) is 0 Å². The second-order valence-corrected chi connectivity index (χ2v) is 7.78. The number of aromatic nitrogens is 1. The van der Waals surface area contributed by atoms with Gasteiger partial charge < -0.3 is 18.8 Å². The molecule has 0 spiro atoms. The molecule has 1 unspecified atom stereocenters. The van der Waals surface area contributed by atoms with Gasteiger partial charge in [-0.25, -0.2) is 4.79 Å². The minimum absolute atomic E-state index is 0.180. The number of hydrogen-bond donors (Lipinski definition) is 0. The van der Waals surface area contributed by atoms with Gasteiger partial charge in [0.15, 0.2) is 24.2 Å². The van der Waals surface area contributed by atoms with E-state index in [2.05, 4.69) is 0 Å². The molecule has 2 heterocycles. The van der Waals surface area contributed by atoms with Crippen molar-refractivity contribution in [3.05, 3.63) is 82.1 Å². The highest BCUT2D eigenvalue weighted by molar-refractivity contribution is 6.33. The van der Waals surface area contributed by atoms with Gasteiger partial charge in [-0.3, -0.25) is 4.79 Å². The number of rotatable bonds is 6. The summed E-state index contributed by atoms with van der Waals surface area (Å²) in [6.45, 7) is 4.40. The van der Waals surface area contributed by atoms with E-state index in [-0.39, 0.29) is 29.1 Å². The smallest absolute Gasteiger partial charge is 0.340 e. The molecule has 0 saturated heterocycles. The Hall–Kier alpha value is -3.25. The van der Waals surface area contributed by atoms with Gasteiger partial charge in [-0.1, -0.05) is 35.9 Å². The molecule has 7 heteroatoms. The van der Waals surface area contributed by atoms with Crippen LogP contribution in [0.1, 0.15) is 32.1 Å². The topological polar surface area (TPSA) is 66.8 Å². The summed E-state index contributed by atoms with van der Waals surface area (Å²) in [6, 6.07) is 15.9. The van der Waals surface area contributed by atoms with E-state index in [1.165, 1.54) is 0 Å². The van der Waals surface area contributed by atoms with Crippen molar-refractivity contribution in [2.75, 3.05) is 13.2 Å². The van der Waals surface area contributed by atoms with Crippen molar-refractivity contribution in [3.63, 3.8) is 0 Å². The molecule has 0 N–H and O–H groups in total. The Kier molecular flexibility index (Phi) is 6.00. The van der Waals surface area contributed by atoms with Crippen LogP contribution in [0.25, 0.3) is 0 Å². The number of para-hydroxylation sites is 2. The molecule has 3 aromatic rings. The third-order valence-electron chi connectivity index (χ3n) is 5.26. The SMILES string of the molecule is Cc1cc(C(=O)COC(=O)c2ccccc2Cl)c(C)n1CC1COc2ccccc2O1. The lowest BCUT2D eigenvalue weighted by Gasteiger charge is -2.27. The van der Waals surface area contributed by atoms with Gasteiger partial charge in [0.1, 0.15) is 6.61 Å². The summed E-state index contributed by atoms with van der Waals surface area (Å²) in [7, 11) is 0. The maximum Gasteiger partial charge on any atom is 0.340 e. The number of hydrogen-bond acceptors (Lipinski definition) is 5. The van der Waals surface area contributed by atoms with E-state index < -0.39 is 5.97 Å². The van der Waals surface area contributed by atoms with E-state index in [9.17, 15) is 9.59 Å². The summed E-state index contributed by atoms with van der Waals surface area (Å²) in [5.41, 5.74) is 2.46. The van der Waals surface area contributed by atoms with E-state index in [0.717, 1.165) is 17.1 Å². The van der Waals surface area contributed by atoms with Gasteiger partial charge in [-0.15, -0.1) is 0 Å². The highest BCUT2D eigenvalue weighted by atomic mass is 35.5. The quantitative estimate of drug-likeness (QED) is 0.413. The normalized spacial score (nSPS) is 14.9. The van der Waals surface area contributed by atoms with Gasteiger partial charge in [-0.05, 0) is 44.2 Å². The van der Waals surface area contributed by atoms with Crippen molar-refractivity contribution >= 4 is 23.4 Å². The predicted octanol–water partition coefficient (Wildman–Crippen LogP) is 4.64. The third kappa shape index (κ3) is 4.44. The number of benzene rings is 2. The molecule has 6 nitrogen and oxygen atoms in total. The number of ether oxygens (including phenoxy) is 3. The van der Waals surface area contributed by atoms with Crippen LogP contribution in [0.15, 0.2) is 54.6 Å². The number of carbonyl (C=O) groups is 2. The zero-order chi connectivity index (χ0) is 22.0. The molecule has 0 fully saturated rings. The first-order valence-corrected chi connectivity index (χ1v) is 10.3. The molecule has 0 amide bonds. The first-order chi connectivity index (χ1) is 14.9. The lowest BCUT2D eigenvalue weighted by atomic mass is 10.1. The van der Waals surface area contributed by atoms with Crippen LogP contribution < -0.4 is 9.47 Å². The molecule has 0 aliphatic carbocycles. The number of esters is 1. The first-order valence-electron chi connectivity index (χ1n) is 9.94. The largest absolute Gasteiger partial charge is 0.486 e. The van der Waals surface area contributed by atoms with E-state index in [4.69, 9.17) is 25.8 Å². The monoisotopic (exact) mass is 439 g/mol. The maximum atomic E-state index is 12.7. The maximum absolute atomic E-state index is 12.7. The van der Waals surface area contributed by atoms with Gasteiger partial charge in [0.2, 0.25) is 5.78 Å². The molecule has 0 bridgehead atoms. The van der Waals surface area contributed by atoms with Crippen LogP contribution in [0.2, 0.25) is 5.02 Å². The fraction of sp³-hybridized carbons (Fsp3) is 0.250. The Balaban J connectivity index is 1.42. The highest BCUT2D eigenvalue weighted by Gasteiger charge is 2.24. The van der Waals surface area contributed by atoms with Crippen LogP contribution >= 0.6 is 11.6 Å². The number of aryl methyl sites for hydroxylation is 1. The fourth-order valence-electron chi connectivity index (χ4n) is 3.63. The standard InChI is InChI=1S/C24H22ClNO5/c1-15-11-19(21(27)14-30-24(28)18-7-3-4-8-20(18)25)16(2)26(15)12-17-13-29-22-9-5-6-10-23(22)31-17/h3-11,17H,12-14H2,1-2H3. The van der Waals surface area contributed by atoms with E-state index >= 15 is 0 Å². The number of halogens is 1. The molecule has 160 valence electrons. The van der Waals surface area contributed by atoms with E-state index in [1.54, 1.807) is 30.3 Å². The predicted molar refractivity (Wildman–Crippen MR) is 116 cm³/mol. The van der Waals surface area contributed by atoms with Gasteiger partial charge >= 0.3 is 5.97 Å². The van der Waals surface area contributed by atoms with Gasteiger partial charge in [0.25, 0.3) is 0 Å². The zero-order valence-corrected chi connectivity index (χ0v) is 18.0. The molecule has 1 atom stereocenters. The van der Waals surface area contributed by atoms with Crippen molar-refractivity contribution < 1.29 is 23.8 Å². The number of carbonyl (C=O) groups excluding carboxylic acids is 2. The molecular weight excluding hydrogens is 418 g/mol. The number of ketones is 1. The number of nitrogens with zero attached hydrogens (tertiary/aromatic N) is 1. The van der Waals surface area contributed by atoms with Crippen molar-refractivity contribution in [1.82, 2.24) is 4.57 Å². The summed E-state index contributed by atoms with van der Waals surface area (Å²) >= 11 is 6.01. The van der Waals surface area contributed by atoms with Gasteiger partial charge in [-0.2, -0.15) is 0 Å². The fourth-order valence-corrected chi connectivity index (χ4v) is 3.85. The Morgan fingerprint density at radius 3 is 2.55 bits per heavy atom.